The maximum atomic E-state index is 14.2. The lowest BCUT2D eigenvalue weighted by molar-refractivity contribution is 0.806. The van der Waals surface area contributed by atoms with Crippen molar-refractivity contribution in [3.05, 3.63) is 141 Å². The van der Waals surface area contributed by atoms with Crippen LogP contribution in [0.1, 0.15) is 11.4 Å². The van der Waals surface area contributed by atoms with Crippen LogP contribution in [0, 0.1) is 13.8 Å². The molecule has 8 aromatic rings. The zero-order valence-electron chi connectivity index (χ0n) is 25.9. The molecule has 0 radical (unpaired) electrons. The highest BCUT2D eigenvalue weighted by Gasteiger charge is 2.19. The first-order valence-electron chi connectivity index (χ1n) is 15.3. The highest BCUT2D eigenvalue weighted by Crippen LogP contribution is 2.31. The van der Waals surface area contributed by atoms with Gasteiger partial charge in [0.05, 0.1) is 22.1 Å². The molecule has 0 aliphatic carbocycles. The number of anilines is 4. The molecule has 4 aromatic heterocycles. The first kappa shape index (κ1) is 28.6. The van der Waals surface area contributed by atoms with E-state index in [-0.39, 0.29) is 11.1 Å². The minimum absolute atomic E-state index is 0.317. The summed E-state index contributed by atoms with van der Waals surface area (Å²) >= 11 is 0. The van der Waals surface area contributed by atoms with Gasteiger partial charge in [-0.15, -0.1) is 10.2 Å². The second-order valence-electron chi connectivity index (χ2n) is 11.4. The number of benzene rings is 4. The zero-order chi connectivity index (χ0) is 32.8. The largest absolute Gasteiger partial charge is 0.321 e. The monoisotopic (exact) mass is 632 g/mol. The van der Waals surface area contributed by atoms with Gasteiger partial charge in [-0.2, -0.15) is 19.6 Å². The highest BCUT2D eigenvalue weighted by atomic mass is 16.1. The van der Waals surface area contributed by atoms with Crippen molar-refractivity contribution in [2.75, 3.05) is 10.6 Å². The molecule has 0 aliphatic heterocycles. The van der Waals surface area contributed by atoms with E-state index in [0.717, 1.165) is 22.5 Å². The number of hydrogen-bond donors (Lipinski definition) is 4. The average Bonchev–Trinajstić information content (AvgIpc) is 3.73. The number of aromatic nitrogens is 8. The fourth-order valence-electron chi connectivity index (χ4n) is 5.80. The van der Waals surface area contributed by atoms with E-state index in [0.29, 0.717) is 56.2 Å². The summed E-state index contributed by atoms with van der Waals surface area (Å²) in [5.41, 5.74) is 3.63. The number of fused-ring (bicyclic) bond motifs is 2. The Hall–Kier alpha value is -6.82. The van der Waals surface area contributed by atoms with Crippen molar-refractivity contribution in [3.8, 4) is 22.5 Å². The van der Waals surface area contributed by atoms with Gasteiger partial charge >= 0.3 is 0 Å². The molecule has 8 rings (SSSR count). The van der Waals surface area contributed by atoms with Gasteiger partial charge < -0.3 is 10.6 Å². The second kappa shape index (κ2) is 11.5. The molecule has 0 atom stereocenters. The summed E-state index contributed by atoms with van der Waals surface area (Å²) in [7, 11) is 0. The van der Waals surface area contributed by atoms with Crippen molar-refractivity contribution in [2.45, 2.75) is 13.8 Å². The maximum absolute atomic E-state index is 14.2. The number of H-pyrrole nitrogens is 2. The van der Waals surface area contributed by atoms with Crippen molar-refractivity contribution >= 4 is 44.8 Å². The average molecular weight is 633 g/mol. The summed E-state index contributed by atoms with van der Waals surface area (Å²) in [6.07, 6.45) is 0. The van der Waals surface area contributed by atoms with Crippen LogP contribution in [0.25, 0.3) is 44.0 Å². The van der Waals surface area contributed by atoms with E-state index in [4.69, 9.17) is 10.2 Å². The minimum Gasteiger partial charge on any atom is -0.321 e. The number of nitrogens with one attached hydrogen (secondary N) is 4. The van der Waals surface area contributed by atoms with Gasteiger partial charge in [-0.05, 0) is 43.7 Å². The molecule has 234 valence electrons. The van der Waals surface area contributed by atoms with Crippen molar-refractivity contribution in [2.24, 2.45) is 0 Å². The molecular weight excluding hydrogens is 604 g/mol. The van der Waals surface area contributed by atoms with E-state index < -0.39 is 0 Å². The SMILES string of the molecule is Cc1cc(Nc2nn(-c3ccc(-c4ccccc4)c(-n4nc(Nc5cc(C)[nH]n5)c5ccccc5c4=O)c3)c(=O)c3ccccc23)n[nH]1. The number of nitrogens with zero attached hydrogens (tertiary/aromatic N) is 6. The van der Waals surface area contributed by atoms with Gasteiger partial charge in [0.25, 0.3) is 11.1 Å². The van der Waals surface area contributed by atoms with Crippen molar-refractivity contribution in [3.63, 3.8) is 0 Å². The molecule has 0 saturated heterocycles. The molecule has 0 aliphatic rings. The normalized spacial score (nSPS) is 11.3. The smallest absolute Gasteiger partial charge is 0.279 e. The third kappa shape index (κ3) is 5.07. The lowest BCUT2D eigenvalue weighted by Gasteiger charge is -2.17. The second-order valence-corrected chi connectivity index (χ2v) is 11.4. The molecule has 12 nitrogen and oxygen atoms in total. The van der Waals surface area contributed by atoms with Crippen molar-refractivity contribution in [1.82, 2.24) is 40.0 Å². The Kier molecular flexibility index (Phi) is 6.87. The van der Waals surface area contributed by atoms with Crippen LogP contribution in [-0.4, -0.2) is 40.0 Å². The van der Waals surface area contributed by atoms with Gasteiger partial charge in [0, 0.05) is 39.9 Å². The Morgan fingerprint density at radius 3 is 1.60 bits per heavy atom. The Labute approximate surface area is 272 Å². The fraction of sp³-hybridized carbons (Fsp3) is 0.0556. The summed E-state index contributed by atoms with van der Waals surface area (Å²) in [4.78, 5) is 28.2. The molecule has 0 amide bonds. The molecule has 4 aromatic carbocycles. The topological polar surface area (TPSA) is 151 Å². The summed E-state index contributed by atoms with van der Waals surface area (Å²) in [6, 6.07) is 33.5. The Morgan fingerprint density at radius 2 is 1.06 bits per heavy atom. The number of rotatable bonds is 7. The summed E-state index contributed by atoms with van der Waals surface area (Å²) in [5, 5.41) is 32.8. The maximum Gasteiger partial charge on any atom is 0.279 e. The molecular formula is C36H28N10O2. The summed E-state index contributed by atoms with van der Waals surface area (Å²) in [6.45, 7) is 3.81. The minimum atomic E-state index is -0.321. The van der Waals surface area contributed by atoms with E-state index >= 15 is 0 Å². The first-order chi connectivity index (χ1) is 23.4. The molecule has 0 bridgehead atoms. The third-order valence-corrected chi connectivity index (χ3v) is 8.05. The summed E-state index contributed by atoms with van der Waals surface area (Å²) in [5.74, 6) is 2.02. The molecule has 0 unspecified atom stereocenters. The molecule has 4 N–H and O–H groups in total. The Morgan fingerprint density at radius 1 is 0.562 bits per heavy atom. The molecule has 0 fully saturated rings. The number of aryl methyl sites for hydroxylation is 2. The molecule has 12 heteroatoms. The van der Waals surface area contributed by atoms with Crippen LogP contribution in [0.4, 0.5) is 23.3 Å². The molecule has 0 spiro atoms. The van der Waals surface area contributed by atoms with Gasteiger partial charge in [0.15, 0.2) is 23.3 Å². The standard InChI is InChI=1S/C36H28N10O2/c1-21-18-31(41-39-21)37-33-26-12-6-8-14-28(26)35(47)45(43-33)24-16-17-25(23-10-4-3-5-11-23)30(20-24)46-36(48)29-15-9-7-13-27(29)34(44-46)38-32-19-22(2)40-42-32/h3-20H,1-2H3,(H2,37,39,41,43)(H2,38,40,42,44). The summed E-state index contributed by atoms with van der Waals surface area (Å²) < 4.78 is 2.70. The number of aromatic amines is 2. The van der Waals surface area contributed by atoms with E-state index in [1.807, 2.05) is 105 Å². The van der Waals surface area contributed by atoms with E-state index in [9.17, 15) is 9.59 Å². The van der Waals surface area contributed by atoms with Crippen molar-refractivity contribution < 1.29 is 0 Å². The lowest BCUT2D eigenvalue weighted by Crippen LogP contribution is -2.25. The Bertz CT molecular complexity index is 2600. The zero-order valence-corrected chi connectivity index (χ0v) is 25.9. The van der Waals surface area contributed by atoms with Gasteiger partial charge in [0.1, 0.15) is 0 Å². The van der Waals surface area contributed by atoms with Crippen LogP contribution in [0.15, 0.2) is 119 Å². The third-order valence-electron chi connectivity index (χ3n) is 8.05. The highest BCUT2D eigenvalue weighted by molar-refractivity contribution is 5.93. The van der Waals surface area contributed by atoms with Crippen LogP contribution < -0.4 is 21.8 Å². The van der Waals surface area contributed by atoms with Crippen molar-refractivity contribution in [1.29, 1.82) is 0 Å². The van der Waals surface area contributed by atoms with Crippen LogP contribution in [-0.2, 0) is 0 Å². The quantitative estimate of drug-likeness (QED) is 0.160. The van der Waals surface area contributed by atoms with Crippen LogP contribution >= 0.6 is 0 Å². The van der Waals surface area contributed by atoms with Gasteiger partial charge in [-0.3, -0.25) is 19.8 Å². The predicted molar refractivity (Wildman–Crippen MR) is 187 cm³/mol. The van der Waals surface area contributed by atoms with Gasteiger partial charge in [-0.25, -0.2) is 0 Å². The lowest BCUT2D eigenvalue weighted by atomic mass is 10.0. The fourth-order valence-corrected chi connectivity index (χ4v) is 5.80. The van der Waals surface area contributed by atoms with Gasteiger partial charge in [0.2, 0.25) is 0 Å². The van der Waals surface area contributed by atoms with Crippen LogP contribution in [0.5, 0.6) is 0 Å². The van der Waals surface area contributed by atoms with Gasteiger partial charge in [-0.1, -0.05) is 72.8 Å². The molecule has 48 heavy (non-hydrogen) atoms. The first-order valence-corrected chi connectivity index (χ1v) is 15.3. The molecule has 4 heterocycles. The van der Waals surface area contributed by atoms with E-state index in [1.165, 1.54) is 9.36 Å². The Balaban J connectivity index is 1.37. The van der Waals surface area contributed by atoms with E-state index in [1.54, 1.807) is 18.2 Å². The van der Waals surface area contributed by atoms with E-state index in [2.05, 4.69) is 31.0 Å². The number of hydrogen-bond acceptors (Lipinski definition) is 8. The van der Waals surface area contributed by atoms with Crippen LogP contribution in [0.2, 0.25) is 0 Å². The molecule has 0 saturated carbocycles. The van der Waals surface area contributed by atoms with Crippen LogP contribution in [0.3, 0.4) is 0 Å². The predicted octanol–water partition coefficient (Wildman–Crippen LogP) is 6.30.